The van der Waals surface area contributed by atoms with Gasteiger partial charge >= 0.3 is 6.01 Å². The molecule has 7 nitrogen and oxygen atoms in total. The van der Waals surface area contributed by atoms with Gasteiger partial charge in [-0.05, 0) is 23.6 Å². The van der Waals surface area contributed by atoms with Gasteiger partial charge in [0, 0.05) is 11.6 Å². The zero-order chi connectivity index (χ0) is 16.2. The Hall–Kier alpha value is -2.87. The monoisotopic (exact) mass is 331 g/mol. The highest BCUT2D eigenvalue weighted by atomic mass is 32.1. The minimum atomic E-state index is -0.293. The molecule has 0 spiro atoms. The number of rotatable bonds is 5. The SMILES string of the molecule is COc1cc(OC)cc(-c2nnc(NC(=O)c3cccs3)o2)c1. The Morgan fingerprint density at radius 1 is 1.17 bits per heavy atom. The second-order valence-electron chi connectivity index (χ2n) is 4.45. The largest absolute Gasteiger partial charge is 0.497 e. The lowest BCUT2D eigenvalue weighted by atomic mass is 10.2. The van der Waals surface area contributed by atoms with Gasteiger partial charge in [0.2, 0.25) is 5.89 Å². The number of nitrogens with zero attached hydrogens (tertiary/aromatic N) is 2. The molecule has 0 saturated heterocycles. The van der Waals surface area contributed by atoms with Crippen molar-refractivity contribution in [3.8, 4) is 23.0 Å². The van der Waals surface area contributed by atoms with E-state index >= 15 is 0 Å². The average molecular weight is 331 g/mol. The minimum Gasteiger partial charge on any atom is -0.497 e. The Kier molecular flexibility index (Phi) is 4.24. The number of thiophene rings is 1. The van der Waals surface area contributed by atoms with Crippen LogP contribution in [0, 0.1) is 0 Å². The van der Waals surface area contributed by atoms with Crippen LogP contribution in [0.4, 0.5) is 6.01 Å². The first-order valence-electron chi connectivity index (χ1n) is 6.61. The maximum absolute atomic E-state index is 12.0. The Bertz CT molecular complexity index is 792. The van der Waals surface area contributed by atoms with Crippen LogP contribution < -0.4 is 14.8 Å². The van der Waals surface area contributed by atoms with E-state index in [-0.39, 0.29) is 17.8 Å². The summed E-state index contributed by atoms with van der Waals surface area (Å²) in [5.41, 5.74) is 0.630. The van der Waals surface area contributed by atoms with Crippen molar-refractivity contribution in [2.45, 2.75) is 0 Å². The number of amides is 1. The summed E-state index contributed by atoms with van der Waals surface area (Å²) in [6.45, 7) is 0. The smallest absolute Gasteiger partial charge is 0.322 e. The second kappa shape index (κ2) is 6.49. The van der Waals surface area contributed by atoms with Gasteiger partial charge in [0.25, 0.3) is 5.91 Å². The van der Waals surface area contributed by atoms with Crippen LogP contribution in [0.1, 0.15) is 9.67 Å². The van der Waals surface area contributed by atoms with Gasteiger partial charge in [-0.1, -0.05) is 11.2 Å². The van der Waals surface area contributed by atoms with E-state index in [4.69, 9.17) is 13.9 Å². The van der Waals surface area contributed by atoms with Crippen LogP contribution in [0.2, 0.25) is 0 Å². The molecule has 0 atom stereocenters. The first-order valence-corrected chi connectivity index (χ1v) is 7.49. The number of methoxy groups -OCH3 is 2. The fraction of sp³-hybridized carbons (Fsp3) is 0.133. The lowest BCUT2D eigenvalue weighted by Gasteiger charge is -2.05. The van der Waals surface area contributed by atoms with Crippen LogP contribution in [-0.2, 0) is 0 Å². The van der Waals surface area contributed by atoms with Crippen molar-refractivity contribution in [3.63, 3.8) is 0 Å². The first kappa shape index (κ1) is 15.0. The molecule has 23 heavy (non-hydrogen) atoms. The maximum atomic E-state index is 12.0. The summed E-state index contributed by atoms with van der Waals surface area (Å²) >= 11 is 1.33. The molecule has 0 saturated carbocycles. The first-order chi connectivity index (χ1) is 11.2. The summed E-state index contributed by atoms with van der Waals surface area (Å²) in [5.74, 6) is 1.16. The molecule has 0 aliphatic carbocycles. The van der Waals surface area contributed by atoms with Gasteiger partial charge in [0.15, 0.2) is 0 Å². The number of ether oxygens (including phenoxy) is 2. The van der Waals surface area contributed by atoms with Gasteiger partial charge in [-0.2, -0.15) is 0 Å². The Balaban J connectivity index is 1.83. The molecule has 2 heterocycles. The molecule has 3 rings (SSSR count). The minimum absolute atomic E-state index is 0.0280. The number of aromatic nitrogens is 2. The molecule has 1 N–H and O–H groups in total. The summed E-state index contributed by atoms with van der Waals surface area (Å²) < 4.78 is 15.9. The van der Waals surface area contributed by atoms with Crippen LogP contribution in [0.25, 0.3) is 11.5 Å². The van der Waals surface area contributed by atoms with Gasteiger partial charge in [-0.3, -0.25) is 10.1 Å². The van der Waals surface area contributed by atoms with E-state index in [2.05, 4.69) is 15.5 Å². The van der Waals surface area contributed by atoms with E-state index in [1.807, 2.05) is 5.38 Å². The number of carbonyl (C=O) groups is 1. The summed E-state index contributed by atoms with van der Waals surface area (Å²) in [6.07, 6.45) is 0. The zero-order valence-electron chi connectivity index (χ0n) is 12.4. The molecule has 118 valence electrons. The molecular weight excluding hydrogens is 318 g/mol. The van der Waals surface area contributed by atoms with E-state index in [0.29, 0.717) is 21.9 Å². The van der Waals surface area contributed by atoms with Crippen molar-refractivity contribution in [1.82, 2.24) is 10.2 Å². The second-order valence-corrected chi connectivity index (χ2v) is 5.39. The normalized spacial score (nSPS) is 10.3. The molecule has 1 aromatic carbocycles. The highest BCUT2D eigenvalue weighted by molar-refractivity contribution is 7.12. The predicted octanol–water partition coefficient (Wildman–Crippen LogP) is 3.07. The molecule has 1 amide bonds. The molecule has 0 fully saturated rings. The molecule has 2 aromatic heterocycles. The summed E-state index contributed by atoms with van der Waals surface area (Å²) in [6, 6.07) is 8.74. The molecule has 0 radical (unpaired) electrons. The quantitative estimate of drug-likeness (QED) is 0.773. The van der Waals surface area contributed by atoms with Crippen LogP contribution in [0.5, 0.6) is 11.5 Å². The van der Waals surface area contributed by atoms with Crippen molar-refractivity contribution in [2.24, 2.45) is 0 Å². The number of carbonyl (C=O) groups excluding carboxylic acids is 1. The Labute approximate surface area is 135 Å². The summed E-state index contributed by atoms with van der Waals surface area (Å²) in [7, 11) is 3.11. The van der Waals surface area contributed by atoms with E-state index in [1.54, 1.807) is 44.6 Å². The fourth-order valence-corrected chi connectivity index (χ4v) is 2.51. The number of hydrogen-bond acceptors (Lipinski definition) is 7. The van der Waals surface area contributed by atoms with E-state index in [1.165, 1.54) is 11.3 Å². The number of hydrogen-bond donors (Lipinski definition) is 1. The van der Waals surface area contributed by atoms with Crippen molar-refractivity contribution in [3.05, 3.63) is 40.6 Å². The van der Waals surface area contributed by atoms with Gasteiger partial charge < -0.3 is 13.9 Å². The van der Waals surface area contributed by atoms with Crippen LogP contribution in [0.3, 0.4) is 0 Å². The molecule has 0 bridgehead atoms. The van der Waals surface area contributed by atoms with Gasteiger partial charge in [-0.15, -0.1) is 16.4 Å². The third-order valence-electron chi connectivity index (χ3n) is 2.99. The number of anilines is 1. The van der Waals surface area contributed by atoms with Gasteiger partial charge in [-0.25, -0.2) is 0 Å². The molecule has 8 heteroatoms. The summed E-state index contributed by atoms with van der Waals surface area (Å²) in [4.78, 5) is 12.5. The van der Waals surface area contributed by atoms with E-state index in [9.17, 15) is 4.79 Å². The lowest BCUT2D eigenvalue weighted by Crippen LogP contribution is -2.10. The zero-order valence-corrected chi connectivity index (χ0v) is 13.2. The molecule has 0 unspecified atom stereocenters. The van der Waals surface area contributed by atoms with Crippen LogP contribution in [0.15, 0.2) is 40.1 Å². The molecule has 3 aromatic rings. The third-order valence-corrected chi connectivity index (χ3v) is 3.86. The topological polar surface area (TPSA) is 86.5 Å². The predicted molar refractivity (Wildman–Crippen MR) is 85.1 cm³/mol. The Morgan fingerprint density at radius 2 is 1.91 bits per heavy atom. The number of nitrogens with one attached hydrogen (secondary N) is 1. The van der Waals surface area contributed by atoms with Crippen LogP contribution >= 0.6 is 11.3 Å². The highest BCUT2D eigenvalue weighted by Gasteiger charge is 2.14. The van der Waals surface area contributed by atoms with Gasteiger partial charge in [0.1, 0.15) is 11.5 Å². The van der Waals surface area contributed by atoms with Crippen molar-refractivity contribution in [2.75, 3.05) is 19.5 Å². The lowest BCUT2D eigenvalue weighted by molar-refractivity contribution is 0.102. The fourth-order valence-electron chi connectivity index (χ4n) is 1.89. The third kappa shape index (κ3) is 3.32. The van der Waals surface area contributed by atoms with Crippen LogP contribution in [-0.4, -0.2) is 30.3 Å². The molecule has 0 aliphatic rings. The Morgan fingerprint density at radius 3 is 2.52 bits per heavy atom. The number of benzene rings is 1. The molecular formula is C15H13N3O4S. The highest BCUT2D eigenvalue weighted by Crippen LogP contribution is 2.29. The van der Waals surface area contributed by atoms with Gasteiger partial charge in [0.05, 0.1) is 19.1 Å². The van der Waals surface area contributed by atoms with Crippen molar-refractivity contribution in [1.29, 1.82) is 0 Å². The average Bonchev–Trinajstić information content (AvgIpc) is 3.26. The van der Waals surface area contributed by atoms with Crippen molar-refractivity contribution >= 4 is 23.3 Å². The molecule has 0 aliphatic heterocycles. The summed E-state index contributed by atoms with van der Waals surface area (Å²) in [5, 5.41) is 12.1. The standard InChI is InChI=1S/C15H13N3O4S/c1-20-10-6-9(7-11(8-10)21-2)14-17-18-15(22-14)16-13(19)12-4-3-5-23-12/h3-8H,1-2H3,(H,16,18,19). The van der Waals surface area contributed by atoms with E-state index < -0.39 is 0 Å². The maximum Gasteiger partial charge on any atom is 0.322 e. The van der Waals surface area contributed by atoms with E-state index in [0.717, 1.165) is 0 Å². The van der Waals surface area contributed by atoms with Crippen molar-refractivity contribution < 1.29 is 18.7 Å².